The first-order valence-corrected chi connectivity index (χ1v) is 9.92. The van der Waals surface area contributed by atoms with Gasteiger partial charge in [-0.1, -0.05) is 66.7 Å². The van der Waals surface area contributed by atoms with Crippen LogP contribution in [0.1, 0.15) is 43.9 Å². The largest absolute Gasteiger partial charge is 0.465 e. The number of hydrogen-bond acceptors (Lipinski definition) is 4. The van der Waals surface area contributed by atoms with E-state index >= 15 is 0 Å². The summed E-state index contributed by atoms with van der Waals surface area (Å²) in [5.74, 6) is -1.18. The van der Waals surface area contributed by atoms with Gasteiger partial charge in [-0.2, -0.15) is 0 Å². The second-order valence-electron chi connectivity index (χ2n) is 7.01. The van der Waals surface area contributed by atoms with Crippen LogP contribution >= 0.6 is 0 Å². The van der Waals surface area contributed by atoms with Gasteiger partial charge in [-0.3, -0.25) is 9.59 Å². The molecule has 0 aliphatic heterocycles. The molecule has 0 unspecified atom stereocenters. The summed E-state index contributed by atoms with van der Waals surface area (Å²) >= 11 is 0. The van der Waals surface area contributed by atoms with Crippen molar-refractivity contribution in [3.05, 3.63) is 77.4 Å². The second-order valence-corrected chi connectivity index (χ2v) is 7.01. The first-order chi connectivity index (χ1) is 14.0. The highest BCUT2D eigenvalue weighted by atomic mass is 16.6. The highest BCUT2D eigenvalue weighted by Crippen LogP contribution is 2.45. The second kappa shape index (κ2) is 8.91. The molecule has 1 aliphatic rings. The lowest BCUT2D eigenvalue weighted by Crippen LogP contribution is -2.41. The Morgan fingerprint density at radius 2 is 1.45 bits per heavy atom. The summed E-state index contributed by atoms with van der Waals surface area (Å²) in [5.41, 5.74) is 3.21. The SMILES string of the molecule is CCOC(=O)C(C)(C(=O)OCC)C1=CC/C(=C/c2ccccc2)c2ccccc21. The first kappa shape index (κ1) is 20.6. The van der Waals surface area contributed by atoms with E-state index in [2.05, 4.69) is 18.2 Å². The molecule has 0 bridgehead atoms. The average molecular weight is 390 g/mol. The van der Waals surface area contributed by atoms with Crippen LogP contribution in [0.25, 0.3) is 17.2 Å². The van der Waals surface area contributed by atoms with E-state index in [1.807, 2.05) is 48.5 Å². The van der Waals surface area contributed by atoms with Gasteiger partial charge in [0.25, 0.3) is 0 Å². The predicted molar refractivity (Wildman–Crippen MR) is 115 cm³/mol. The summed E-state index contributed by atoms with van der Waals surface area (Å²) in [6.45, 7) is 5.45. The van der Waals surface area contributed by atoms with Crippen molar-refractivity contribution >= 4 is 29.2 Å². The van der Waals surface area contributed by atoms with E-state index in [9.17, 15) is 9.59 Å². The van der Waals surface area contributed by atoms with Crippen molar-refractivity contribution in [2.24, 2.45) is 5.41 Å². The van der Waals surface area contributed by atoms with Crippen molar-refractivity contribution < 1.29 is 19.1 Å². The number of rotatable bonds is 6. The molecule has 0 atom stereocenters. The Bertz CT molecular complexity index is 936. The highest BCUT2D eigenvalue weighted by molar-refractivity contribution is 6.13. The number of fused-ring (bicyclic) bond motifs is 1. The van der Waals surface area contributed by atoms with Crippen LogP contribution in [0.5, 0.6) is 0 Å². The van der Waals surface area contributed by atoms with E-state index < -0.39 is 17.4 Å². The summed E-state index contributed by atoms with van der Waals surface area (Å²) in [6, 6.07) is 17.9. The molecular formula is C25H26O4. The third-order valence-electron chi connectivity index (χ3n) is 5.14. The summed E-state index contributed by atoms with van der Waals surface area (Å²) < 4.78 is 10.5. The number of esters is 2. The van der Waals surface area contributed by atoms with Crippen LogP contribution in [0.2, 0.25) is 0 Å². The molecule has 2 aromatic carbocycles. The number of benzene rings is 2. The van der Waals surface area contributed by atoms with Crippen molar-refractivity contribution in [2.45, 2.75) is 27.2 Å². The monoisotopic (exact) mass is 390 g/mol. The fourth-order valence-electron chi connectivity index (χ4n) is 3.64. The predicted octanol–water partition coefficient (Wildman–Crippen LogP) is 5.15. The Kier molecular flexibility index (Phi) is 6.32. The molecule has 150 valence electrons. The van der Waals surface area contributed by atoms with Gasteiger partial charge >= 0.3 is 11.9 Å². The molecule has 0 aromatic heterocycles. The van der Waals surface area contributed by atoms with E-state index in [0.29, 0.717) is 12.0 Å². The zero-order valence-corrected chi connectivity index (χ0v) is 17.1. The standard InChI is InChI=1S/C25H26O4/c1-4-28-23(26)25(3,24(27)29-5-2)22-16-15-19(17-18-11-7-6-8-12-18)20-13-9-10-14-21(20)22/h6-14,16-17H,4-5,15H2,1-3H3/b19-17-. The first-order valence-electron chi connectivity index (χ1n) is 9.92. The van der Waals surface area contributed by atoms with Crippen molar-refractivity contribution in [3.63, 3.8) is 0 Å². The van der Waals surface area contributed by atoms with Crippen molar-refractivity contribution in [2.75, 3.05) is 13.2 Å². The fraction of sp³-hybridized carbons (Fsp3) is 0.280. The molecule has 0 spiro atoms. The molecule has 3 rings (SSSR count). The molecule has 0 amide bonds. The molecule has 4 heteroatoms. The molecule has 0 radical (unpaired) electrons. The Morgan fingerprint density at radius 3 is 2.03 bits per heavy atom. The van der Waals surface area contributed by atoms with E-state index in [1.165, 1.54) is 0 Å². The van der Waals surface area contributed by atoms with Crippen LogP contribution in [0.15, 0.2) is 60.7 Å². The zero-order valence-electron chi connectivity index (χ0n) is 17.1. The number of ether oxygens (including phenoxy) is 2. The Labute approximate surface area is 171 Å². The van der Waals surface area contributed by atoms with Crippen LogP contribution in [0.4, 0.5) is 0 Å². The quantitative estimate of drug-likeness (QED) is 0.506. The zero-order chi connectivity index (χ0) is 20.9. The fourth-order valence-corrected chi connectivity index (χ4v) is 3.64. The third-order valence-corrected chi connectivity index (χ3v) is 5.14. The molecule has 0 fully saturated rings. The van der Waals surface area contributed by atoms with Crippen molar-refractivity contribution in [1.82, 2.24) is 0 Å². The molecular weight excluding hydrogens is 364 g/mol. The summed E-state index contributed by atoms with van der Waals surface area (Å²) in [7, 11) is 0. The number of carbonyl (C=O) groups is 2. The molecule has 0 heterocycles. The van der Waals surface area contributed by atoms with Crippen LogP contribution in [0.3, 0.4) is 0 Å². The lowest BCUT2D eigenvalue weighted by atomic mass is 9.72. The minimum atomic E-state index is -1.51. The maximum atomic E-state index is 12.9. The smallest absolute Gasteiger partial charge is 0.327 e. The van der Waals surface area contributed by atoms with E-state index in [0.717, 1.165) is 22.3 Å². The van der Waals surface area contributed by atoms with E-state index in [-0.39, 0.29) is 13.2 Å². The van der Waals surface area contributed by atoms with Gasteiger partial charge in [0, 0.05) is 0 Å². The molecule has 2 aromatic rings. The van der Waals surface area contributed by atoms with Gasteiger partial charge in [-0.15, -0.1) is 0 Å². The topological polar surface area (TPSA) is 52.6 Å². The van der Waals surface area contributed by atoms with Gasteiger partial charge in [0.2, 0.25) is 0 Å². The van der Waals surface area contributed by atoms with Crippen molar-refractivity contribution in [1.29, 1.82) is 0 Å². The van der Waals surface area contributed by atoms with Crippen LogP contribution in [0, 0.1) is 5.41 Å². The molecule has 0 saturated heterocycles. The molecule has 4 nitrogen and oxygen atoms in total. The molecule has 0 saturated carbocycles. The Hall–Kier alpha value is -3.14. The lowest BCUT2D eigenvalue weighted by molar-refractivity contribution is -0.165. The molecule has 0 N–H and O–H groups in total. The maximum Gasteiger partial charge on any atom is 0.327 e. The van der Waals surface area contributed by atoms with Gasteiger partial charge in [-0.25, -0.2) is 0 Å². The minimum absolute atomic E-state index is 0.196. The number of allylic oxidation sites excluding steroid dienone is 2. The van der Waals surface area contributed by atoms with Crippen LogP contribution < -0.4 is 0 Å². The molecule has 29 heavy (non-hydrogen) atoms. The Morgan fingerprint density at radius 1 is 0.897 bits per heavy atom. The van der Waals surface area contributed by atoms with Gasteiger partial charge in [0.05, 0.1) is 13.2 Å². The average Bonchev–Trinajstić information content (AvgIpc) is 2.74. The highest BCUT2D eigenvalue weighted by Gasteiger charge is 2.49. The minimum Gasteiger partial charge on any atom is -0.465 e. The third kappa shape index (κ3) is 4.02. The maximum absolute atomic E-state index is 12.9. The normalized spacial score (nSPS) is 14.7. The summed E-state index contributed by atoms with van der Waals surface area (Å²) in [6.07, 6.45) is 4.69. The van der Waals surface area contributed by atoms with Crippen molar-refractivity contribution in [3.8, 4) is 0 Å². The summed E-state index contributed by atoms with van der Waals surface area (Å²) in [5, 5.41) is 0. The van der Waals surface area contributed by atoms with Crippen LogP contribution in [-0.2, 0) is 19.1 Å². The number of carbonyl (C=O) groups excluding carboxylic acids is 2. The van der Waals surface area contributed by atoms with Crippen LogP contribution in [-0.4, -0.2) is 25.2 Å². The Balaban J connectivity index is 2.11. The van der Waals surface area contributed by atoms with Gasteiger partial charge in [0.1, 0.15) is 0 Å². The van der Waals surface area contributed by atoms with Gasteiger partial charge in [-0.05, 0) is 55.0 Å². The number of hydrogen-bond donors (Lipinski definition) is 0. The van der Waals surface area contributed by atoms with Gasteiger partial charge < -0.3 is 9.47 Å². The van der Waals surface area contributed by atoms with E-state index in [4.69, 9.17) is 9.47 Å². The van der Waals surface area contributed by atoms with E-state index in [1.54, 1.807) is 20.8 Å². The summed E-state index contributed by atoms with van der Waals surface area (Å²) in [4.78, 5) is 25.8. The lowest BCUT2D eigenvalue weighted by Gasteiger charge is -2.32. The molecule has 1 aliphatic carbocycles. The van der Waals surface area contributed by atoms with Gasteiger partial charge in [0.15, 0.2) is 5.41 Å².